The monoisotopic (exact) mass is 341 g/mol. The molecule has 126 valence electrons. The summed E-state index contributed by atoms with van der Waals surface area (Å²) in [6, 6.07) is 14.0. The highest BCUT2D eigenvalue weighted by atomic mass is 32.1. The van der Waals surface area contributed by atoms with Crippen molar-refractivity contribution in [1.82, 2.24) is 4.90 Å². The molecule has 1 amide bonds. The Labute approximate surface area is 146 Å². The summed E-state index contributed by atoms with van der Waals surface area (Å²) in [5.41, 5.74) is 0.198. The Hall–Kier alpha value is -1.65. The Kier molecular flexibility index (Phi) is 4.19. The van der Waals surface area contributed by atoms with Crippen LogP contribution in [0.25, 0.3) is 0 Å². The van der Waals surface area contributed by atoms with Crippen molar-refractivity contribution in [1.29, 1.82) is 0 Å². The van der Waals surface area contributed by atoms with Crippen LogP contribution < -0.4 is 0 Å². The zero-order valence-electron chi connectivity index (χ0n) is 13.7. The van der Waals surface area contributed by atoms with Crippen LogP contribution in [0.2, 0.25) is 0 Å². The molecule has 1 saturated heterocycles. The number of likely N-dealkylation sites (tertiary alicyclic amines) is 1. The molecule has 24 heavy (non-hydrogen) atoms. The topological polar surface area (TPSA) is 40.5 Å². The van der Waals surface area contributed by atoms with Crippen LogP contribution in [0.15, 0.2) is 47.8 Å². The van der Waals surface area contributed by atoms with E-state index in [1.807, 2.05) is 52.7 Å². The molecule has 0 bridgehead atoms. The van der Waals surface area contributed by atoms with Gasteiger partial charge in [-0.05, 0) is 36.3 Å². The molecule has 1 aromatic carbocycles. The predicted octanol–water partition coefficient (Wildman–Crippen LogP) is 4.04. The lowest BCUT2D eigenvalue weighted by Crippen LogP contribution is -2.58. The number of benzene rings is 1. The first kappa shape index (κ1) is 15.9. The van der Waals surface area contributed by atoms with Gasteiger partial charge in [-0.25, -0.2) is 0 Å². The number of carbonyl (C=O) groups is 1. The standard InChI is InChI=1S/C20H23NO2S/c22-19(18-11-6-14-24-18)21-13-12-20(23,15-7-2-1-3-8-15)16-9-4-5-10-17(16)21/h1-3,6-8,11,14,16-17,23H,4-5,9-10,12-13H2/t16-,17+,20-/m1/s1. The maximum absolute atomic E-state index is 12.9. The first-order valence-corrected chi connectivity index (χ1v) is 9.70. The Morgan fingerprint density at radius 2 is 1.92 bits per heavy atom. The van der Waals surface area contributed by atoms with E-state index in [1.165, 1.54) is 11.3 Å². The molecule has 3 nitrogen and oxygen atoms in total. The zero-order chi connectivity index (χ0) is 16.6. The molecule has 1 aliphatic carbocycles. The fourth-order valence-electron chi connectivity index (χ4n) is 4.56. The maximum atomic E-state index is 12.9. The molecular weight excluding hydrogens is 318 g/mol. The van der Waals surface area contributed by atoms with Gasteiger partial charge in [-0.15, -0.1) is 11.3 Å². The largest absolute Gasteiger partial charge is 0.385 e. The van der Waals surface area contributed by atoms with Crippen molar-refractivity contribution in [3.05, 3.63) is 58.3 Å². The number of piperidine rings is 1. The molecule has 1 N–H and O–H groups in total. The highest BCUT2D eigenvalue weighted by Gasteiger charge is 2.50. The fraction of sp³-hybridized carbons (Fsp3) is 0.450. The molecule has 0 unspecified atom stereocenters. The van der Waals surface area contributed by atoms with Gasteiger partial charge in [0.1, 0.15) is 0 Å². The highest BCUT2D eigenvalue weighted by Crippen LogP contribution is 2.47. The number of thiophene rings is 1. The van der Waals surface area contributed by atoms with E-state index >= 15 is 0 Å². The summed E-state index contributed by atoms with van der Waals surface area (Å²) < 4.78 is 0. The third-order valence-corrected chi connectivity index (χ3v) is 6.60. The SMILES string of the molecule is O=C(c1cccs1)N1CC[C@@](O)(c2ccccc2)[C@@H]2CCCC[C@@H]21. The van der Waals surface area contributed by atoms with Crippen LogP contribution in [-0.2, 0) is 5.60 Å². The van der Waals surface area contributed by atoms with Gasteiger partial charge >= 0.3 is 0 Å². The van der Waals surface area contributed by atoms with E-state index in [4.69, 9.17) is 0 Å². The van der Waals surface area contributed by atoms with Crippen LogP contribution in [0.1, 0.15) is 47.3 Å². The summed E-state index contributed by atoms with van der Waals surface area (Å²) >= 11 is 1.51. The van der Waals surface area contributed by atoms with Gasteiger partial charge < -0.3 is 10.0 Å². The van der Waals surface area contributed by atoms with Gasteiger partial charge in [0, 0.05) is 18.5 Å². The number of carbonyl (C=O) groups excluding carboxylic acids is 1. The lowest BCUT2D eigenvalue weighted by Gasteiger charge is -2.52. The molecule has 3 atom stereocenters. The Morgan fingerprint density at radius 1 is 1.12 bits per heavy atom. The molecule has 1 saturated carbocycles. The first-order valence-electron chi connectivity index (χ1n) is 8.82. The second kappa shape index (κ2) is 6.34. The van der Waals surface area contributed by atoms with E-state index in [1.54, 1.807) is 0 Å². The average molecular weight is 341 g/mol. The second-order valence-electron chi connectivity index (χ2n) is 6.97. The van der Waals surface area contributed by atoms with Gasteiger partial charge in [0.25, 0.3) is 5.91 Å². The third kappa shape index (κ3) is 2.58. The van der Waals surface area contributed by atoms with Crippen LogP contribution in [0.4, 0.5) is 0 Å². The Bertz CT molecular complexity index is 700. The Morgan fingerprint density at radius 3 is 2.67 bits per heavy atom. The average Bonchev–Trinajstić information content (AvgIpc) is 3.17. The number of hydrogen-bond acceptors (Lipinski definition) is 3. The van der Waals surface area contributed by atoms with E-state index in [-0.39, 0.29) is 17.9 Å². The van der Waals surface area contributed by atoms with Gasteiger partial charge in [0.15, 0.2) is 0 Å². The molecule has 0 spiro atoms. The third-order valence-electron chi connectivity index (χ3n) is 5.74. The molecule has 2 fully saturated rings. The van der Waals surface area contributed by atoms with Crippen LogP contribution in [0, 0.1) is 5.92 Å². The van der Waals surface area contributed by atoms with Gasteiger partial charge in [-0.1, -0.05) is 49.2 Å². The summed E-state index contributed by atoms with van der Waals surface area (Å²) in [6.45, 7) is 0.628. The zero-order valence-corrected chi connectivity index (χ0v) is 14.5. The Balaban J connectivity index is 1.66. The van der Waals surface area contributed by atoms with Crippen molar-refractivity contribution in [3.8, 4) is 0 Å². The lowest BCUT2D eigenvalue weighted by molar-refractivity contribution is -0.110. The maximum Gasteiger partial charge on any atom is 0.264 e. The molecule has 1 aromatic heterocycles. The van der Waals surface area contributed by atoms with E-state index < -0.39 is 5.60 Å². The summed E-state index contributed by atoms with van der Waals surface area (Å²) in [5, 5.41) is 13.5. The van der Waals surface area contributed by atoms with E-state index in [0.29, 0.717) is 13.0 Å². The quantitative estimate of drug-likeness (QED) is 0.895. The normalized spacial score (nSPS) is 30.0. The summed E-state index contributed by atoms with van der Waals surface area (Å²) in [7, 11) is 0. The second-order valence-corrected chi connectivity index (χ2v) is 7.92. The summed E-state index contributed by atoms with van der Waals surface area (Å²) in [4.78, 5) is 15.8. The van der Waals surface area contributed by atoms with Crippen LogP contribution in [0.5, 0.6) is 0 Å². The first-order chi connectivity index (χ1) is 11.7. The molecule has 4 heteroatoms. The lowest BCUT2D eigenvalue weighted by atomic mass is 9.66. The molecule has 1 aliphatic heterocycles. The number of amides is 1. The summed E-state index contributed by atoms with van der Waals surface area (Å²) in [5.74, 6) is 0.267. The van der Waals surface area contributed by atoms with Crippen LogP contribution in [-0.4, -0.2) is 28.5 Å². The van der Waals surface area contributed by atoms with Crippen molar-refractivity contribution in [2.24, 2.45) is 5.92 Å². The summed E-state index contributed by atoms with van der Waals surface area (Å²) in [6.07, 6.45) is 4.88. The number of fused-ring (bicyclic) bond motifs is 1. The van der Waals surface area contributed by atoms with Crippen LogP contribution in [0.3, 0.4) is 0 Å². The number of rotatable bonds is 2. The van der Waals surface area contributed by atoms with E-state index in [0.717, 1.165) is 36.1 Å². The smallest absolute Gasteiger partial charge is 0.264 e. The highest BCUT2D eigenvalue weighted by molar-refractivity contribution is 7.12. The fourth-order valence-corrected chi connectivity index (χ4v) is 5.24. The van der Waals surface area contributed by atoms with Crippen molar-refractivity contribution in [2.75, 3.05) is 6.54 Å². The van der Waals surface area contributed by atoms with Crippen molar-refractivity contribution in [3.63, 3.8) is 0 Å². The van der Waals surface area contributed by atoms with E-state index in [2.05, 4.69) is 0 Å². The predicted molar refractivity (Wildman–Crippen MR) is 96.1 cm³/mol. The molecule has 2 aliphatic rings. The van der Waals surface area contributed by atoms with Gasteiger partial charge in [0.05, 0.1) is 10.5 Å². The van der Waals surface area contributed by atoms with Crippen molar-refractivity contribution in [2.45, 2.75) is 43.7 Å². The minimum atomic E-state index is -0.807. The van der Waals surface area contributed by atoms with Crippen molar-refractivity contribution >= 4 is 17.2 Å². The molecule has 2 aromatic rings. The minimum Gasteiger partial charge on any atom is -0.385 e. The molecule has 4 rings (SSSR count). The number of nitrogens with zero attached hydrogens (tertiary/aromatic N) is 1. The van der Waals surface area contributed by atoms with Gasteiger partial charge in [-0.2, -0.15) is 0 Å². The van der Waals surface area contributed by atoms with Crippen molar-refractivity contribution < 1.29 is 9.90 Å². The van der Waals surface area contributed by atoms with Gasteiger partial charge in [-0.3, -0.25) is 4.79 Å². The van der Waals surface area contributed by atoms with Gasteiger partial charge in [0.2, 0.25) is 0 Å². The van der Waals surface area contributed by atoms with E-state index in [9.17, 15) is 9.90 Å². The minimum absolute atomic E-state index is 0.131. The number of aliphatic hydroxyl groups is 1. The molecular formula is C20H23NO2S. The number of hydrogen-bond donors (Lipinski definition) is 1. The molecule has 0 radical (unpaired) electrons. The van der Waals surface area contributed by atoms with Crippen LogP contribution >= 0.6 is 11.3 Å². The molecule has 2 heterocycles.